The molecule has 1 fully saturated rings. The Bertz CT molecular complexity index is 260. The molecule has 2 heterocycles. The van der Waals surface area contributed by atoms with Crippen LogP contribution in [-0.2, 0) is 0 Å². The topological polar surface area (TPSA) is 51.2 Å². The maximum absolute atomic E-state index is 5.56. The molecule has 3 N–H and O–H groups in total. The number of furan rings is 1. The van der Waals surface area contributed by atoms with Gasteiger partial charge in [-0.15, -0.1) is 0 Å². The van der Waals surface area contributed by atoms with Crippen molar-refractivity contribution >= 4 is 23.5 Å². The van der Waals surface area contributed by atoms with Crippen molar-refractivity contribution in [2.45, 2.75) is 11.3 Å². The van der Waals surface area contributed by atoms with Crippen LogP contribution in [0, 0.1) is 0 Å². The van der Waals surface area contributed by atoms with Gasteiger partial charge >= 0.3 is 0 Å². The lowest BCUT2D eigenvalue weighted by atomic mass is 10.2. The van der Waals surface area contributed by atoms with Gasteiger partial charge in [-0.1, -0.05) is 0 Å². The van der Waals surface area contributed by atoms with Crippen LogP contribution in [0.5, 0.6) is 0 Å². The highest BCUT2D eigenvalue weighted by molar-refractivity contribution is 8.06. The first-order valence-corrected chi connectivity index (χ1v) is 6.81. The fourth-order valence-corrected chi connectivity index (χ4v) is 4.37. The van der Waals surface area contributed by atoms with Crippen molar-refractivity contribution in [1.29, 1.82) is 0 Å². The molecule has 1 aliphatic rings. The summed E-state index contributed by atoms with van der Waals surface area (Å²) in [6, 6.07) is 4.02. The summed E-state index contributed by atoms with van der Waals surface area (Å²) in [6.07, 6.45) is 1.69. The second kappa shape index (κ2) is 5.11. The van der Waals surface area contributed by atoms with Gasteiger partial charge in [-0.05, 0) is 12.1 Å². The lowest BCUT2D eigenvalue weighted by molar-refractivity contribution is 0.417. The van der Waals surface area contributed by atoms with E-state index in [2.05, 4.69) is 5.43 Å². The van der Waals surface area contributed by atoms with E-state index in [1.54, 1.807) is 6.26 Å². The minimum absolute atomic E-state index is 0.141. The van der Waals surface area contributed by atoms with Crippen molar-refractivity contribution in [2.75, 3.05) is 17.3 Å². The Morgan fingerprint density at radius 2 is 2.50 bits per heavy atom. The summed E-state index contributed by atoms with van der Waals surface area (Å²) in [5.74, 6) is 10.1. The van der Waals surface area contributed by atoms with E-state index in [0.717, 1.165) is 11.5 Å². The number of hydrogen-bond acceptors (Lipinski definition) is 5. The predicted octanol–water partition coefficient (Wildman–Crippen LogP) is 1.63. The number of thioether (sulfide) groups is 2. The van der Waals surface area contributed by atoms with Gasteiger partial charge in [-0.3, -0.25) is 5.84 Å². The number of rotatable bonds is 3. The van der Waals surface area contributed by atoms with Gasteiger partial charge in [0, 0.05) is 22.5 Å². The molecule has 1 saturated heterocycles. The number of nitrogens with two attached hydrogens (primary N) is 1. The summed E-state index contributed by atoms with van der Waals surface area (Å²) in [6.45, 7) is 0. The van der Waals surface area contributed by atoms with E-state index in [0.29, 0.717) is 5.25 Å². The molecule has 3 nitrogen and oxygen atoms in total. The maximum Gasteiger partial charge on any atom is 0.123 e. The van der Waals surface area contributed by atoms with Crippen molar-refractivity contribution in [3.63, 3.8) is 0 Å². The third-order valence-electron chi connectivity index (χ3n) is 2.24. The molecule has 14 heavy (non-hydrogen) atoms. The van der Waals surface area contributed by atoms with E-state index in [1.165, 1.54) is 11.5 Å². The normalized spacial score (nSPS) is 24.8. The second-order valence-corrected chi connectivity index (χ2v) is 5.64. The number of hydrogen-bond donors (Lipinski definition) is 2. The largest absolute Gasteiger partial charge is 0.468 e. The highest BCUT2D eigenvalue weighted by Crippen LogP contribution is 2.33. The molecule has 1 aliphatic heterocycles. The molecule has 0 radical (unpaired) electrons. The zero-order valence-electron chi connectivity index (χ0n) is 7.81. The highest BCUT2D eigenvalue weighted by Gasteiger charge is 2.26. The first-order valence-electron chi connectivity index (χ1n) is 4.60. The van der Waals surface area contributed by atoms with Crippen LogP contribution in [0.3, 0.4) is 0 Å². The van der Waals surface area contributed by atoms with Crippen molar-refractivity contribution < 1.29 is 4.42 Å². The minimum Gasteiger partial charge on any atom is -0.468 e. The highest BCUT2D eigenvalue weighted by atomic mass is 32.2. The molecule has 0 aromatic carbocycles. The van der Waals surface area contributed by atoms with Crippen LogP contribution in [0.2, 0.25) is 0 Å². The van der Waals surface area contributed by atoms with Crippen molar-refractivity contribution in [1.82, 2.24) is 5.43 Å². The molecular weight excluding hydrogens is 216 g/mol. The van der Waals surface area contributed by atoms with Gasteiger partial charge in [-0.25, -0.2) is 5.43 Å². The van der Waals surface area contributed by atoms with E-state index >= 15 is 0 Å². The van der Waals surface area contributed by atoms with Crippen LogP contribution in [-0.4, -0.2) is 22.5 Å². The molecule has 0 saturated carbocycles. The summed E-state index contributed by atoms with van der Waals surface area (Å²) in [5, 5.41) is 0.518. The first kappa shape index (κ1) is 10.4. The van der Waals surface area contributed by atoms with Gasteiger partial charge in [-0.2, -0.15) is 23.5 Å². The van der Waals surface area contributed by atoms with E-state index < -0.39 is 0 Å². The van der Waals surface area contributed by atoms with Crippen molar-refractivity contribution in [2.24, 2.45) is 5.84 Å². The molecule has 5 heteroatoms. The standard InChI is InChI=1S/C9H14N2OS2/c10-11-9(7-2-1-3-12-7)8-6-13-4-5-14-8/h1-3,8-9,11H,4-6,10H2. The van der Waals surface area contributed by atoms with E-state index in [1.807, 2.05) is 35.7 Å². The van der Waals surface area contributed by atoms with E-state index in [-0.39, 0.29) is 6.04 Å². The lowest BCUT2D eigenvalue weighted by Gasteiger charge is -2.27. The van der Waals surface area contributed by atoms with Crippen LogP contribution in [0.4, 0.5) is 0 Å². The quantitative estimate of drug-likeness (QED) is 0.610. The Morgan fingerprint density at radius 1 is 1.57 bits per heavy atom. The number of nitrogens with one attached hydrogen (secondary N) is 1. The maximum atomic E-state index is 5.56. The van der Waals surface area contributed by atoms with Gasteiger partial charge in [0.05, 0.1) is 12.3 Å². The Balaban J connectivity index is 2.04. The van der Waals surface area contributed by atoms with Crippen LogP contribution in [0.1, 0.15) is 11.8 Å². The zero-order valence-corrected chi connectivity index (χ0v) is 9.44. The van der Waals surface area contributed by atoms with Crippen LogP contribution >= 0.6 is 23.5 Å². The lowest BCUT2D eigenvalue weighted by Crippen LogP contribution is -2.37. The van der Waals surface area contributed by atoms with Gasteiger partial charge in [0.2, 0.25) is 0 Å². The predicted molar refractivity (Wildman–Crippen MR) is 62.3 cm³/mol. The summed E-state index contributed by atoms with van der Waals surface area (Å²) in [5.41, 5.74) is 2.85. The smallest absolute Gasteiger partial charge is 0.123 e. The Labute approximate surface area is 92.2 Å². The fourth-order valence-electron chi connectivity index (χ4n) is 1.54. The molecule has 0 aliphatic carbocycles. The van der Waals surface area contributed by atoms with Gasteiger partial charge in [0.25, 0.3) is 0 Å². The molecule has 0 bridgehead atoms. The Hall–Kier alpha value is -0.100. The summed E-state index contributed by atoms with van der Waals surface area (Å²) < 4.78 is 5.37. The van der Waals surface area contributed by atoms with Crippen molar-refractivity contribution in [3.05, 3.63) is 24.2 Å². The van der Waals surface area contributed by atoms with Crippen LogP contribution in [0.25, 0.3) is 0 Å². The molecular formula is C9H14N2OS2. The third-order valence-corrected chi connectivity index (χ3v) is 5.11. The fraction of sp³-hybridized carbons (Fsp3) is 0.556. The molecule has 0 spiro atoms. The zero-order chi connectivity index (χ0) is 9.80. The first-order chi connectivity index (χ1) is 6.92. The molecule has 2 atom stereocenters. The molecule has 0 amide bonds. The molecule has 1 aromatic rings. The Morgan fingerprint density at radius 3 is 3.07 bits per heavy atom. The second-order valence-electron chi connectivity index (χ2n) is 3.14. The van der Waals surface area contributed by atoms with Crippen LogP contribution in [0.15, 0.2) is 22.8 Å². The van der Waals surface area contributed by atoms with Crippen molar-refractivity contribution in [3.8, 4) is 0 Å². The molecule has 2 rings (SSSR count). The van der Waals surface area contributed by atoms with E-state index in [4.69, 9.17) is 10.3 Å². The molecule has 78 valence electrons. The third kappa shape index (κ3) is 2.28. The number of hydrazine groups is 1. The van der Waals surface area contributed by atoms with Gasteiger partial charge in [0.1, 0.15) is 5.76 Å². The van der Waals surface area contributed by atoms with E-state index in [9.17, 15) is 0 Å². The van der Waals surface area contributed by atoms with Crippen LogP contribution < -0.4 is 11.3 Å². The summed E-state index contributed by atoms with van der Waals surface area (Å²) >= 11 is 3.96. The monoisotopic (exact) mass is 230 g/mol. The molecule has 2 unspecified atom stereocenters. The summed E-state index contributed by atoms with van der Waals surface area (Å²) in [7, 11) is 0. The average Bonchev–Trinajstić information content (AvgIpc) is 2.74. The SMILES string of the molecule is NNC(c1ccco1)C1CSCCS1. The van der Waals surface area contributed by atoms with Gasteiger partial charge in [0.15, 0.2) is 0 Å². The minimum atomic E-state index is 0.141. The molecule has 1 aromatic heterocycles. The van der Waals surface area contributed by atoms with Gasteiger partial charge < -0.3 is 4.42 Å². The Kier molecular flexibility index (Phi) is 3.81. The summed E-state index contributed by atoms with van der Waals surface area (Å²) in [4.78, 5) is 0. The average molecular weight is 230 g/mol.